The molecule has 2 N–H and O–H groups in total. The Morgan fingerprint density at radius 2 is 2.08 bits per heavy atom. The molecule has 0 bridgehead atoms. The molecule has 1 aliphatic rings. The number of sulfonamides is 1. The number of fused-ring (bicyclic) bond motifs is 1. The quantitative estimate of drug-likeness (QED) is 0.842. The minimum Gasteiger partial charge on any atom is -0.311 e. The van der Waals surface area contributed by atoms with Crippen molar-refractivity contribution in [1.29, 1.82) is 0 Å². The van der Waals surface area contributed by atoms with Crippen LogP contribution in [-0.4, -0.2) is 36.5 Å². The minimum atomic E-state index is -3.55. The van der Waals surface area contributed by atoms with Gasteiger partial charge in [0, 0.05) is 24.1 Å². The molecular weight excluding hydrogens is 342 g/mol. The number of carbonyl (C=O) groups excluding carboxylic acids is 1. The lowest BCUT2D eigenvalue weighted by molar-refractivity contribution is -0.116. The van der Waals surface area contributed by atoms with E-state index in [2.05, 4.69) is 20.1 Å². The second-order valence-corrected chi connectivity index (χ2v) is 7.54. The number of aromatic nitrogens is 2. The Labute approximate surface area is 146 Å². The molecule has 1 amide bonds. The van der Waals surface area contributed by atoms with E-state index >= 15 is 0 Å². The summed E-state index contributed by atoms with van der Waals surface area (Å²) in [7, 11) is -3.55. The summed E-state index contributed by atoms with van der Waals surface area (Å²) < 4.78 is 28.1. The molecule has 0 saturated heterocycles. The van der Waals surface area contributed by atoms with Gasteiger partial charge in [-0.3, -0.25) is 14.5 Å². The van der Waals surface area contributed by atoms with E-state index in [4.69, 9.17) is 0 Å². The average molecular weight is 361 g/mol. The van der Waals surface area contributed by atoms with Crippen LogP contribution in [0.2, 0.25) is 0 Å². The third-order valence-corrected chi connectivity index (χ3v) is 5.10. The first kappa shape index (κ1) is 17.2. The summed E-state index contributed by atoms with van der Waals surface area (Å²) in [4.78, 5) is 16.5. The first-order valence-corrected chi connectivity index (χ1v) is 9.37. The summed E-state index contributed by atoms with van der Waals surface area (Å²) in [5.74, 6) is 0.691. The number of hydrogen-bond donors (Lipinski definition) is 2. The maximum absolute atomic E-state index is 12.1. The summed E-state index contributed by atoms with van der Waals surface area (Å²) in [5, 5.41) is 6.94. The van der Waals surface area contributed by atoms with E-state index in [1.807, 2.05) is 13.8 Å². The summed E-state index contributed by atoms with van der Waals surface area (Å²) in [6.45, 7) is 4.12. The van der Waals surface area contributed by atoms with Crippen molar-refractivity contribution < 1.29 is 13.2 Å². The number of carbonyl (C=O) groups is 1. The van der Waals surface area contributed by atoms with E-state index in [1.54, 1.807) is 35.1 Å². The molecule has 1 aromatic carbocycles. The molecule has 8 nitrogen and oxygen atoms in total. The molecule has 0 radical (unpaired) electrons. The lowest BCUT2D eigenvalue weighted by Gasteiger charge is -2.11. The number of benzene rings is 1. The lowest BCUT2D eigenvalue weighted by atomic mass is 10.2. The van der Waals surface area contributed by atoms with Crippen LogP contribution in [0.15, 0.2) is 46.4 Å². The zero-order valence-corrected chi connectivity index (χ0v) is 14.7. The van der Waals surface area contributed by atoms with Gasteiger partial charge in [-0.2, -0.15) is 5.10 Å². The highest BCUT2D eigenvalue weighted by molar-refractivity contribution is 7.90. The van der Waals surface area contributed by atoms with Crippen molar-refractivity contribution in [1.82, 2.24) is 14.5 Å². The molecular formula is C16H19N5O3S. The van der Waals surface area contributed by atoms with Gasteiger partial charge in [-0.15, -0.1) is 0 Å². The van der Waals surface area contributed by atoms with Gasteiger partial charge in [0.05, 0.1) is 17.6 Å². The summed E-state index contributed by atoms with van der Waals surface area (Å²) in [5.41, 5.74) is 0.529. The summed E-state index contributed by atoms with van der Waals surface area (Å²) in [6, 6.07) is 8.48. The monoisotopic (exact) mass is 361 g/mol. The normalized spacial score (nSPS) is 16.7. The molecule has 25 heavy (non-hydrogen) atoms. The fourth-order valence-electron chi connectivity index (χ4n) is 2.55. The number of hydrogen-bond acceptors (Lipinski definition) is 5. The Hall–Kier alpha value is -2.68. The average Bonchev–Trinajstić information content (AvgIpc) is 3.11. The predicted molar refractivity (Wildman–Crippen MR) is 94.0 cm³/mol. The Bertz CT molecular complexity index is 931. The first-order chi connectivity index (χ1) is 11.9. The molecule has 1 aromatic heterocycles. The number of nitrogens with one attached hydrogen (secondary N) is 2. The molecule has 0 fully saturated rings. The zero-order valence-electron chi connectivity index (χ0n) is 13.9. The molecule has 0 unspecified atom stereocenters. The Kier molecular flexibility index (Phi) is 4.58. The number of amidine groups is 1. The highest BCUT2D eigenvalue weighted by Gasteiger charge is 2.29. The molecule has 0 spiro atoms. The van der Waals surface area contributed by atoms with Crippen LogP contribution in [0.3, 0.4) is 0 Å². The SMILES string of the molecule is CC(C)n1nccc1NC(=O)CCN=C1NS(=O)(=O)c2ccccc21. The fraction of sp³-hybridized carbons (Fsp3) is 0.312. The van der Waals surface area contributed by atoms with E-state index in [0.29, 0.717) is 11.4 Å². The van der Waals surface area contributed by atoms with Gasteiger partial charge in [0.15, 0.2) is 0 Å². The van der Waals surface area contributed by atoms with E-state index in [-0.39, 0.29) is 35.6 Å². The Morgan fingerprint density at radius 3 is 2.84 bits per heavy atom. The molecule has 9 heteroatoms. The van der Waals surface area contributed by atoms with Crippen molar-refractivity contribution in [3.05, 3.63) is 42.1 Å². The molecule has 0 aliphatic carbocycles. The van der Waals surface area contributed by atoms with Gasteiger partial charge in [0.25, 0.3) is 10.0 Å². The van der Waals surface area contributed by atoms with Gasteiger partial charge in [0.1, 0.15) is 11.7 Å². The zero-order chi connectivity index (χ0) is 18.0. The van der Waals surface area contributed by atoms with Gasteiger partial charge in [-0.25, -0.2) is 13.1 Å². The number of nitrogens with zero attached hydrogens (tertiary/aromatic N) is 3. The summed E-state index contributed by atoms with van der Waals surface area (Å²) in [6.07, 6.45) is 1.76. The molecule has 1 aliphatic heterocycles. The van der Waals surface area contributed by atoms with Gasteiger partial charge in [0.2, 0.25) is 5.91 Å². The van der Waals surface area contributed by atoms with Gasteiger partial charge in [-0.1, -0.05) is 12.1 Å². The van der Waals surface area contributed by atoms with Crippen molar-refractivity contribution in [2.24, 2.45) is 4.99 Å². The topological polar surface area (TPSA) is 105 Å². The van der Waals surface area contributed by atoms with Crippen LogP contribution in [0.1, 0.15) is 31.9 Å². The predicted octanol–water partition coefficient (Wildman–Crippen LogP) is 1.53. The van der Waals surface area contributed by atoms with Crippen LogP contribution >= 0.6 is 0 Å². The fourth-order valence-corrected chi connectivity index (χ4v) is 3.80. The van der Waals surface area contributed by atoms with Gasteiger partial charge in [-0.05, 0) is 26.0 Å². The Morgan fingerprint density at radius 1 is 1.32 bits per heavy atom. The number of anilines is 1. The summed E-state index contributed by atoms with van der Waals surface area (Å²) >= 11 is 0. The van der Waals surface area contributed by atoms with Crippen LogP contribution < -0.4 is 10.0 Å². The highest BCUT2D eigenvalue weighted by atomic mass is 32.2. The second-order valence-electron chi connectivity index (χ2n) is 5.88. The van der Waals surface area contributed by atoms with E-state index in [9.17, 15) is 13.2 Å². The maximum Gasteiger partial charge on any atom is 0.263 e. The van der Waals surface area contributed by atoms with Crippen molar-refractivity contribution in [3.63, 3.8) is 0 Å². The van der Waals surface area contributed by atoms with Crippen LogP contribution in [0.25, 0.3) is 0 Å². The Balaban J connectivity index is 1.64. The number of amides is 1. The largest absolute Gasteiger partial charge is 0.311 e. The molecule has 2 aromatic rings. The molecule has 132 valence electrons. The first-order valence-electron chi connectivity index (χ1n) is 7.88. The van der Waals surface area contributed by atoms with Crippen LogP contribution in [0, 0.1) is 0 Å². The van der Waals surface area contributed by atoms with E-state index in [0.717, 1.165) is 0 Å². The van der Waals surface area contributed by atoms with Crippen molar-refractivity contribution in [3.8, 4) is 0 Å². The number of rotatable bonds is 5. The lowest BCUT2D eigenvalue weighted by Crippen LogP contribution is -2.23. The van der Waals surface area contributed by atoms with Crippen LogP contribution in [0.5, 0.6) is 0 Å². The van der Waals surface area contributed by atoms with Crippen molar-refractivity contribution >= 4 is 27.6 Å². The standard InChI is InChI=1S/C16H19N5O3S/c1-11(2)21-14(7-10-18-21)19-15(22)8-9-17-16-12-5-3-4-6-13(12)25(23,24)20-16/h3-7,10-11H,8-9H2,1-2H3,(H,17,20)(H,19,22). The van der Waals surface area contributed by atoms with Crippen molar-refractivity contribution in [2.45, 2.75) is 31.2 Å². The van der Waals surface area contributed by atoms with Crippen LogP contribution in [-0.2, 0) is 14.8 Å². The maximum atomic E-state index is 12.1. The van der Waals surface area contributed by atoms with E-state index < -0.39 is 10.0 Å². The highest BCUT2D eigenvalue weighted by Crippen LogP contribution is 2.22. The van der Waals surface area contributed by atoms with Gasteiger partial charge < -0.3 is 5.32 Å². The molecule has 0 atom stereocenters. The molecule has 2 heterocycles. The molecule has 0 saturated carbocycles. The third-order valence-electron chi connectivity index (χ3n) is 3.70. The third kappa shape index (κ3) is 3.55. The van der Waals surface area contributed by atoms with Gasteiger partial charge >= 0.3 is 0 Å². The minimum absolute atomic E-state index is 0.134. The van der Waals surface area contributed by atoms with E-state index in [1.165, 1.54) is 6.07 Å². The second kappa shape index (κ2) is 6.67. The molecule has 3 rings (SSSR count). The van der Waals surface area contributed by atoms with Crippen LogP contribution in [0.4, 0.5) is 5.82 Å². The smallest absolute Gasteiger partial charge is 0.263 e. The van der Waals surface area contributed by atoms with Crippen molar-refractivity contribution in [2.75, 3.05) is 11.9 Å². The number of aliphatic imine (C=N–C) groups is 1.